The molecule has 1 aromatic heterocycles. The topological polar surface area (TPSA) is 85.1 Å². The van der Waals surface area contributed by atoms with Gasteiger partial charge in [0.1, 0.15) is 0 Å². The normalized spacial score (nSPS) is 20.6. The fourth-order valence-electron chi connectivity index (χ4n) is 2.85. The Labute approximate surface area is 125 Å². The Kier molecular flexibility index (Phi) is 5.04. The maximum Gasteiger partial charge on any atom is 0.249 e. The quantitative estimate of drug-likeness (QED) is 0.874. The molecule has 5 nitrogen and oxygen atoms in total. The zero-order chi connectivity index (χ0) is 14.8. The zero-order valence-electron chi connectivity index (χ0n) is 12.0. The number of primary sulfonamides is 1. The molecule has 0 amide bonds. The molecule has 20 heavy (non-hydrogen) atoms. The molecule has 2 rings (SSSR count). The number of thiazole rings is 1. The van der Waals surface area contributed by atoms with Crippen LogP contribution in [0.5, 0.6) is 0 Å². The van der Waals surface area contributed by atoms with Crippen LogP contribution >= 0.6 is 11.3 Å². The minimum absolute atomic E-state index is 0.109. The highest BCUT2D eigenvalue weighted by Gasteiger charge is 2.25. The number of rotatable bonds is 5. The number of nitrogens with two attached hydrogens (primary N) is 1. The molecule has 114 valence electrons. The number of hydrogen-bond donors (Lipinski definition) is 2. The molecule has 0 spiro atoms. The molecule has 3 N–H and O–H groups in total. The molecule has 7 heteroatoms. The molecule has 0 bridgehead atoms. The van der Waals surface area contributed by atoms with Gasteiger partial charge in [-0.15, -0.1) is 0 Å². The molecule has 0 saturated heterocycles. The number of nitrogens with zero attached hydrogens (tertiary/aromatic N) is 1. The summed E-state index contributed by atoms with van der Waals surface area (Å²) in [4.78, 5) is 4.10. The Morgan fingerprint density at radius 1 is 1.35 bits per heavy atom. The van der Waals surface area contributed by atoms with Gasteiger partial charge in [-0.25, -0.2) is 18.5 Å². The summed E-state index contributed by atoms with van der Waals surface area (Å²) < 4.78 is 22.6. The summed E-state index contributed by atoms with van der Waals surface area (Å²) in [6, 6.07) is 0.276. The van der Waals surface area contributed by atoms with Crippen molar-refractivity contribution in [2.45, 2.75) is 56.2 Å². The average Bonchev–Trinajstić information content (AvgIpc) is 2.87. The monoisotopic (exact) mass is 317 g/mol. The van der Waals surface area contributed by atoms with Crippen LogP contribution in [0.4, 0.5) is 5.13 Å². The summed E-state index contributed by atoms with van der Waals surface area (Å²) in [5, 5.41) is 9.04. The van der Waals surface area contributed by atoms with Crippen molar-refractivity contribution in [1.82, 2.24) is 4.98 Å². The molecule has 1 aliphatic carbocycles. The highest BCUT2D eigenvalue weighted by Crippen LogP contribution is 2.33. The van der Waals surface area contributed by atoms with Crippen LogP contribution in [0.1, 0.15) is 46.0 Å². The average molecular weight is 317 g/mol. The maximum absolute atomic E-state index is 11.2. The standard InChI is InChI=1S/C13H23N3O2S2/c1-9(11-6-4-3-5-7-11)10(2)16-13-15-8-12(19-13)20(14,17)18/h8-11H,3-7H2,1-2H3,(H,15,16)(H2,14,17,18). The van der Waals surface area contributed by atoms with Crippen molar-refractivity contribution in [1.29, 1.82) is 0 Å². The van der Waals surface area contributed by atoms with Crippen molar-refractivity contribution >= 4 is 26.5 Å². The zero-order valence-corrected chi connectivity index (χ0v) is 13.6. The Morgan fingerprint density at radius 3 is 2.55 bits per heavy atom. The molecule has 0 aliphatic heterocycles. The molecular formula is C13H23N3O2S2. The van der Waals surface area contributed by atoms with Crippen molar-refractivity contribution < 1.29 is 8.42 Å². The van der Waals surface area contributed by atoms with E-state index in [2.05, 4.69) is 24.1 Å². The van der Waals surface area contributed by atoms with Gasteiger partial charge in [-0.3, -0.25) is 0 Å². The molecule has 1 heterocycles. The number of anilines is 1. The van der Waals surface area contributed by atoms with E-state index < -0.39 is 10.0 Å². The smallest absolute Gasteiger partial charge is 0.249 e. The second-order valence-corrected chi connectivity index (χ2v) is 8.54. The fourth-order valence-corrected chi connectivity index (χ4v) is 4.40. The summed E-state index contributed by atoms with van der Waals surface area (Å²) >= 11 is 1.10. The van der Waals surface area contributed by atoms with Gasteiger partial charge in [0.2, 0.25) is 10.0 Å². The third kappa shape index (κ3) is 3.93. The van der Waals surface area contributed by atoms with Crippen LogP contribution in [0.3, 0.4) is 0 Å². The van der Waals surface area contributed by atoms with Crippen molar-refractivity contribution in [3.05, 3.63) is 6.20 Å². The van der Waals surface area contributed by atoms with Gasteiger partial charge in [-0.05, 0) is 18.8 Å². The van der Waals surface area contributed by atoms with Gasteiger partial charge in [0.05, 0.1) is 6.20 Å². The van der Waals surface area contributed by atoms with Crippen molar-refractivity contribution in [3.63, 3.8) is 0 Å². The van der Waals surface area contributed by atoms with Gasteiger partial charge in [0.15, 0.2) is 9.34 Å². The van der Waals surface area contributed by atoms with Crippen LogP contribution in [-0.2, 0) is 10.0 Å². The van der Waals surface area contributed by atoms with E-state index in [1.54, 1.807) is 0 Å². The van der Waals surface area contributed by atoms with Crippen LogP contribution in [0.15, 0.2) is 10.4 Å². The molecule has 0 radical (unpaired) electrons. The van der Waals surface area contributed by atoms with E-state index in [-0.39, 0.29) is 10.3 Å². The number of aromatic nitrogens is 1. The summed E-state index contributed by atoms with van der Waals surface area (Å²) in [5.41, 5.74) is 0. The molecule has 0 aromatic carbocycles. The lowest BCUT2D eigenvalue weighted by Crippen LogP contribution is -2.30. The minimum atomic E-state index is -3.64. The first-order valence-electron chi connectivity index (χ1n) is 7.13. The minimum Gasteiger partial charge on any atom is -0.359 e. The van der Waals surface area contributed by atoms with Gasteiger partial charge < -0.3 is 5.32 Å². The molecule has 1 aromatic rings. The third-order valence-corrected chi connectivity index (χ3v) is 6.63. The lowest BCUT2D eigenvalue weighted by atomic mass is 9.78. The predicted molar refractivity (Wildman–Crippen MR) is 82.3 cm³/mol. The molecular weight excluding hydrogens is 294 g/mol. The highest BCUT2D eigenvalue weighted by atomic mass is 32.2. The Morgan fingerprint density at radius 2 is 2.00 bits per heavy atom. The summed E-state index contributed by atoms with van der Waals surface area (Å²) in [6.07, 6.45) is 7.93. The Bertz CT molecular complexity index is 536. The fraction of sp³-hybridized carbons (Fsp3) is 0.769. The number of hydrogen-bond acceptors (Lipinski definition) is 5. The molecule has 2 unspecified atom stereocenters. The van der Waals surface area contributed by atoms with E-state index in [9.17, 15) is 8.42 Å². The van der Waals surface area contributed by atoms with Crippen molar-refractivity contribution in [2.75, 3.05) is 5.32 Å². The first-order chi connectivity index (χ1) is 9.38. The predicted octanol–water partition coefficient (Wildman–Crippen LogP) is 2.81. The van der Waals surface area contributed by atoms with E-state index >= 15 is 0 Å². The third-order valence-electron chi connectivity index (χ3n) is 4.30. The first kappa shape index (κ1) is 15.7. The van der Waals surface area contributed by atoms with Crippen LogP contribution < -0.4 is 10.5 Å². The van der Waals surface area contributed by atoms with Crippen LogP contribution in [0.2, 0.25) is 0 Å². The number of sulfonamides is 1. The van der Waals surface area contributed by atoms with E-state index in [1.165, 1.54) is 38.3 Å². The molecule has 1 aliphatic rings. The Hall–Kier alpha value is -0.660. The van der Waals surface area contributed by atoms with Gasteiger partial charge >= 0.3 is 0 Å². The molecule has 1 saturated carbocycles. The van der Waals surface area contributed by atoms with Crippen LogP contribution in [-0.4, -0.2) is 19.4 Å². The van der Waals surface area contributed by atoms with E-state index in [4.69, 9.17) is 5.14 Å². The van der Waals surface area contributed by atoms with Gasteiger partial charge in [0.25, 0.3) is 0 Å². The van der Waals surface area contributed by atoms with Crippen molar-refractivity contribution in [2.24, 2.45) is 17.0 Å². The summed E-state index contributed by atoms with van der Waals surface area (Å²) in [7, 11) is -3.64. The van der Waals surface area contributed by atoms with Crippen molar-refractivity contribution in [3.8, 4) is 0 Å². The number of nitrogens with one attached hydrogen (secondary N) is 1. The van der Waals surface area contributed by atoms with Gasteiger partial charge in [0, 0.05) is 6.04 Å². The van der Waals surface area contributed by atoms with Gasteiger partial charge in [-0.1, -0.05) is 50.4 Å². The first-order valence-corrected chi connectivity index (χ1v) is 9.49. The second-order valence-electron chi connectivity index (χ2n) is 5.72. The van der Waals surface area contributed by atoms with E-state index in [0.717, 1.165) is 17.3 Å². The maximum atomic E-state index is 11.2. The van der Waals surface area contributed by atoms with Crippen LogP contribution in [0.25, 0.3) is 0 Å². The molecule has 2 atom stereocenters. The Balaban J connectivity index is 1.96. The largest absolute Gasteiger partial charge is 0.359 e. The van der Waals surface area contributed by atoms with E-state index in [0.29, 0.717) is 11.0 Å². The van der Waals surface area contributed by atoms with E-state index in [1.807, 2.05) is 0 Å². The van der Waals surface area contributed by atoms with Crippen LogP contribution in [0, 0.1) is 11.8 Å². The highest BCUT2D eigenvalue weighted by molar-refractivity contribution is 7.91. The SMILES string of the molecule is CC(Nc1ncc(S(N)(=O)=O)s1)C(C)C1CCCCC1. The summed E-state index contributed by atoms with van der Waals surface area (Å²) in [6.45, 7) is 4.40. The lowest BCUT2D eigenvalue weighted by Gasteiger charge is -2.32. The van der Waals surface area contributed by atoms with Gasteiger partial charge in [-0.2, -0.15) is 0 Å². The second kappa shape index (κ2) is 6.41. The summed E-state index contributed by atoms with van der Waals surface area (Å²) in [5.74, 6) is 1.31. The lowest BCUT2D eigenvalue weighted by molar-refractivity contribution is 0.246. The molecule has 1 fully saturated rings.